The molecule has 2 N–H and O–H groups in total. The molecule has 1 aliphatic rings. The molecule has 2 rings (SSSR count). The van der Waals surface area contributed by atoms with Crippen LogP contribution in [0.5, 0.6) is 5.75 Å². The van der Waals surface area contributed by atoms with Gasteiger partial charge in [-0.1, -0.05) is 6.07 Å². The molecule has 1 atom stereocenters. The van der Waals surface area contributed by atoms with Crippen molar-refractivity contribution < 1.29 is 9.53 Å². The van der Waals surface area contributed by atoms with Crippen molar-refractivity contribution in [3.05, 3.63) is 23.8 Å². The third-order valence-corrected chi connectivity index (χ3v) is 3.28. The average molecular weight is 248 g/mol. The molecule has 1 heterocycles. The number of rotatable bonds is 3. The van der Waals surface area contributed by atoms with E-state index >= 15 is 0 Å². The van der Waals surface area contributed by atoms with Crippen LogP contribution in [0.1, 0.15) is 18.4 Å². The molecular weight excluding hydrogens is 228 g/mol. The van der Waals surface area contributed by atoms with Gasteiger partial charge in [0.05, 0.1) is 18.7 Å². The van der Waals surface area contributed by atoms with Crippen LogP contribution in [0.25, 0.3) is 0 Å². The molecule has 1 fully saturated rings. The third kappa shape index (κ3) is 3.01. The van der Waals surface area contributed by atoms with Crippen LogP contribution in [0.4, 0.5) is 5.69 Å². The van der Waals surface area contributed by atoms with Crippen LogP contribution in [0.3, 0.4) is 0 Å². The van der Waals surface area contributed by atoms with Gasteiger partial charge in [0, 0.05) is 6.54 Å². The molecule has 1 unspecified atom stereocenters. The SMILES string of the molecule is COc1ccc(C)cc1NC(=O)C1CCCNC1. The lowest BCUT2D eigenvalue weighted by atomic mass is 9.98. The van der Waals surface area contributed by atoms with Crippen molar-refractivity contribution in [3.63, 3.8) is 0 Å². The van der Waals surface area contributed by atoms with Gasteiger partial charge >= 0.3 is 0 Å². The van der Waals surface area contributed by atoms with Crippen LogP contribution < -0.4 is 15.4 Å². The van der Waals surface area contributed by atoms with E-state index in [1.165, 1.54) is 0 Å². The minimum absolute atomic E-state index is 0.0592. The summed E-state index contributed by atoms with van der Waals surface area (Å²) in [4.78, 5) is 12.1. The van der Waals surface area contributed by atoms with Crippen LogP contribution in [0.15, 0.2) is 18.2 Å². The predicted octanol–water partition coefficient (Wildman–Crippen LogP) is 1.94. The highest BCUT2D eigenvalue weighted by Gasteiger charge is 2.21. The highest BCUT2D eigenvalue weighted by molar-refractivity contribution is 5.94. The van der Waals surface area contributed by atoms with Gasteiger partial charge in [-0.15, -0.1) is 0 Å². The first-order valence-electron chi connectivity index (χ1n) is 6.37. The predicted molar refractivity (Wildman–Crippen MR) is 72.0 cm³/mol. The maximum Gasteiger partial charge on any atom is 0.228 e. The summed E-state index contributed by atoms with van der Waals surface area (Å²) in [5, 5.41) is 6.22. The molecule has 0 radical (unpaired) electrons. The minimum Gasteiger partial charge on any atom is -0.495 e. The van der Waals surface area contributed by atoms with Gasteiger partial charge in [-0.2, -0.15) is 0 Å². The molecule has 18 heavy (non-hydrogen) atoms. The Morgan fingerprint density at radius 3 is 3.00 bits per heavy atom. The van der Waals surface area contributed by atoms with Gasteiger partial charge in [-0.05, 0) is 44.0 Å². The summed E-state index contributed by atoms with van der Waals surface area (Å²) >= 11 is 0. The topological polar surface area (TPSA) is 50.4 Å². The van der Waals surface area contributed by atoms with Crippen molar-refractivity contribution in [3.8, 4) is 5.75 Å². The molecule has 1 aromatic carbocycles. The quantitative estimate of drug-likeness (QED) is 0.859. The number of aryl methyl sites for hydroxylation is 1. The molecule has 0 aliphatic carbocycles. The number of anilines is 1. The van der Waals surface area contributed by atoms with E-state index in [0.717, 1.165) is 37.2 Å². The highest BCUT2D eigenvalue weighted by Crippen LogP contribution is 2.26. The molecule has 4 heteroatoms. The molecule has 0 aromatic heterocycles. The highest BCUT2D eigenvalue weighted by atomic mass is 16.5. The van der Waals surface area contributed by atoms with E-state index in [1.54, 1.807) is 7.11 Å². The Balaban J connectivity index is 2.07. The van der Waals surface area contributed by atoms with Crippen LogP contribution in [0.2, 0.25) is 0 Å². The van der Waals surface area contributed by atoms with Crippen molar-refractivity contribution in [1.82, 2.24) is 5.32 Å². The zero-order valence-corrected chi connectivity index (χ0v) is 11.0. The monoisotopic (exact) mass is 248 g/mol. The molecule has 1 aromatic rings. The molecule has 1 amide bonds. The van der Waals surface area contributed by atoms with Crippen molar-refractivity contribution in [2.75, 3.05) is 25.5 Å². The van der Waals surface area contributed by atoms with Crippen molar-refractivity contribution in [2.24, 2.45) is 5.92 Å². The minimum atomic E-state index is 0.0592. The Morgan fingerprint density at radius 1 is 1.50 bits per heavy atom. The third-order valence-electron chi connectivity index (χ3n) is 3.28. The van der Waals surface area contributed by atoms with Crippen LogP contribution in [-0.2, 0) is 4.79 Å². The number of ether oxygens (including phenoxy) is 1. The number of piperidine rings is 1. The second-order valence-electron chi connectivity index (χ2n) is 4.74. The van der Waals surface area contributed by atoms with Gasteiger partial charge in [0.1, 0.15) is 5.75 Å². The zero-order valence-electron chi connectivity index (χ0n) is 11.0. The average Bonchev–Trinajstić information content (AvgIpc) is 2.40. The Morgan fingerprint density at radius 2 is 2.33 bits per heavy atom. The fourth-order valence-corrected chi connectivity index (χ4v) is 2.23. The van der Waals surface area contributed by atoms with Gasteiger partial charge in [0.25, 0.3) is 0 Å². The summed E-state index contributed by atoms with van der Waals surface area (Å²) in [6, 6.07) is 5.79. The molecule has 1 saturated heterocycles. The van der Waals surface area contributed by atoms with Gasteiger partial charge in [0.15, 0.2) is 0 Å². The van der Waals surface area contributed by atoms with E-state index in [-0.39, 0.29) is 11.8 Å². The summed E-state index contributed by atoms with van der Waals surface area (Å²) in [6.07, 6.45) is 2.01. The number of hydrogen-bond acceptors (Lipinski definition) is 3. The second-order valence-corrected chi connectivity index (χ2v) is 4.74. The van der Waals surface area contributed by atoms with Gasteiger partial charge < -0.3 is 15.4 Å². The van der Waals surface area contributed by atoms with E-state index in [9.17, 15) is 4.79 Å². The number of carbonyl (C=O) groups is 1. The fourth-order valence-electron chi connectivity index (χ4n) is 2.23. The molecule has 1 aliphatic heterocycles. The first-order chi connectivity index (χ1) is 8.70. The molecule has 98 valence electrons. The summed E-state index contributed by atoms with van der Waals surface area (Å²) in [6.45, 7) is 3.77. The van der Waals surface area contributed by atoms with Crippen LogP contribution >= 0.6 is 0 Å². The maximum absolute atomic E-state index is 12.1. The first kappa shape index (κ1) is 12.9. The second kappa shape index (κ2) is 5.87. The standard InChI is InChI=1S/C14H20N2O2/c1-10-5-6-13(18-2)12(8-10)16-14(17)11-4-3-7-15-9-11/h5-6,8,11,15H,3-4,7,9H2,1-2H3,(H,16,17). The normalized spacial score (nSPS) is 19.3. The number of nitrogens with one attached hydrogen (secondary N) is 2. The van der Waals surface area contributed by atoms with E-state index in [1.807, 2.05) is 25.1 Å². The Kier molecular flexibility index (Phi) is 4.20. The smallest absolute Gasteiger partial charge is 0.228 e. The summed E-state index contributed by atoms with van der Waals surface area (Å²) < 4.78 is 5.26. The maximum atomic E-state index is 12.1. The molecule has 0 spiro atoms. The molecular formula is C14H20N2O2. The Bertz CT molecular complexity index is 426. The van der Waals surface area contributed by atoms with Crippen molar-refractivity contribution in [1.29, 1.82) is 0 Å². The zero-order chi connectivity index (χ0) is 13.0. The summed E-state index contributed by atoms with van der Waals surface area (Å²) in [7, 11) is 1.61. The molecule has 0 bridgehead atoms. The summed E-state index contributed by atoms with van der Waals surface area (Å²) in [5.74, 6) is 0.841. The van der Waals surface area contributed by atoms with E-state index < -0.39 is 0 Å². The number of amides is 1. The van der Waals surface area contributed by atoms with Gasteiger partial charge in [-0.25, -0.2) is 0 Å². The fraction of sp³-hybridized carbons (Fsp3) is 0.500. The number of benzene rings is 1. The lowest BCUT2D eigenvalue weighted by Gasteiger charge is -2.22. The van der Waals surface area contributed by atoms with E-state index in [4.69, 9.17) is 4.74 Å². The van der Waals surface area contributed by atoms with Gasteiger partial charge in [0.2, 0.25) is 5.91 Å². The molecule has 4 nitrogen and oxygen atoms in total. The Hall–Kier alpha value is -1.55. The van der Waals surface area contributed by atoms with Crippen molar-refractivity contribution >= 4 is 11.6 Å². The van der Waals surface area contributed by atoms with Crippen molar-refractivity contribution in [2.45, 2.75) is 19.8 Å². The lowest BCUT2D eigenvalue weighted by molar-refractivity contribution is -0.120. The van der Waals surface area contributed by atoms with E-state index in [2.05, 4.69) is 10.6 Å². The first-order valence-corrected chi connectivity index (χ1v) is 6.37. The molecule has 0 saturated carbocycles. The largest absolute Gasteiger partial charge is 0.495 e. The Labute approximate surface area is 108 Å². The number of methoxy groups -OCH3 is 1. The van der Waals surface area contributed by atoms with Gasteiger partial charge in [-0.3, -0.25) is 4.79 Å². The van der Waals surface area contributed by atoms with E-state index in [0.29, 0.717) is 5.75 Å². The van der Waals surface area contributed by atoms with Crippen LogP contribution in [-0.4, -0.2) is 26.1 Å². The number of hydrogen-bond donors (Lipinski definition) is 2. The lowest BCUT2D eigenvalue weighted by Crippen LogP contribution is -2.37. The van der Waals surface area contributed by atoms with Crippen LogP contribution in [0, 0.1) is 12.8 Å². The number of carbonyl (C=O) groups excluding carboxylic acids is 1. The summed E-state index contributed by atoms with van der Waals surface area (Å²) in [5.41, 5.74) is 1.86.